The maximum Gasteiger partial charge on any atom is 0.341 e. The van der Waals surface area contributed by atoms with E-state index in [9.17, 15) is 19.2 Å². The number of carbonyl (C=O) groups excluding carboxylic acids is 4. The van der Waals surface area contributed by atoms with Gasteiger partial charge in [0.15, 0.2) is 0 Å². The molecule has 1 heterocycles. The number of thioether (sulfide) groups is 1. The van der Waals surface area contributed by atoms with Crippen molar-refractivity contribution in [2.24, 2.45) is 0 Å². The largest absolute Gasteiger partial charge is 0.462 e. The highest BCUT2D eigenvalue weighted by Crippen LogP contribution is 2.36. The van der Waals surface area contributed by atoms with Crippen molar-refractivity contribution in [2.45, 2.75) is 44.3 Å². The first-order chi connectivity index (χ1) is 20.7. The molecule has 1 unspecified atom stereocenters. The molecule has 0 radical (unpaired) electrons. The summed E-state index contributed by atoms with van der Waals surface area (Å²) < 4.78 is 5.25. The Kier molecular flexibility index (Phi) is 10.7. The molecule has 0 saturated heterocycles. The summed E-state index contributed by atoms with van der Waals surface area (Å²) >= 11 is 2.38. The quantitative estimate of drug-likeness (QED) is 0.119. The third-order valence-electron chi connectivity index (χ3n) is 6.41. The van der Waals surface area contributed by atoms with E-state index in [1.165, 1.54) is 11.8 Å². The lowest BCUT2D eigenvalue weighted by Gasteiger charge is -2.15. The minimum Gasteiger partial charge on any atom is -0.462 e. The van der Waals surface area contributed by atoms with Crippen LogP contribution >= 0.6 is 23.1 Å². The minimum absolute atomic E-state index is 0.150. The third-order valence-corrected chi connectivity index (χ3v) is 8.98. The Bertz CT molecular complexity index is 1630. The van der Waals surface area contributed by atoms with Crippen molar-refractivity contribution in [3.05, 3.63) is 106 Å². The molecular weight excluding hydrogens is 583 g/mol. The van der Waals surface area contributed by atoms with Crippen molar-refractivity contribution < 1.29 is 23.9 Å². The van der Waals surface area contributed by atoms with Crippen molar-refractivity contribution in [1.82, 2.24) is 0 Å². The number of esters is 1. The summed E-state index contributed by atoms with van der Waals surface area (Å²) in [7, 11) is 0. The van der Waals surface area contributed by atoms with Crippen LogP contribution in [0.25, 0.3) is 0 Å². The molecule has 4 aromatic rings. The van der Waals surface area contributed by atoms with Gasteiger partial charge in [0.2, 0.25) is 5.91 Å². The molecule has 3 amide bonds. The standard InChI is InChI=1S/C33H33N3O5S2/c1-5-26(42-25-17-11-16-24(19-25)35-29(37)22-13-10-12-20(3)18-22)30(38)36-32-27(33(40)41-6-2)21(4)28(43-32)31(39)34-23-14-8-7-9-15-23/h7-19,26H,5-6H2,1-4H3,(H,34,39)(H,35,37)(H,36,38). The van der Waals surface area contributed by atoms with Gasteiger partial charge in [-0.1, -0.05) is 48.9 Å². The zero-order valence-electron chi connectivity index (χ0n) is 24.4. The number of anilines is 3. The molecule has 10 heteroatoms. The third kappa shape index (κ3) is 8.12. The second-order valence-corrected chi connectivity index (χ2v) is 12.0. The molecule has 0 fully saturated rings. The van der Waals surface area contributed by atoms with Gasteiger partial charge in [0.1, 0.15) is 5.00 Å². The van der Waals surface area contributed by atoms with E-state index in [2.05, 4.69) is 16.0 Å². The number of hydrogen-bond donors (Lipinski definition) is 3. The summed E-state index contributed by atoms with van der Waals surface area (Å²) in [6, 6.07) is 23.6. The van der Waals surface area contributed by atoms with Crippen molar-refractivity contribution in [3.8, 4) is 0 Å². The fourth-order valence-corrected chi connectivity index (χ4v) is 6.40. The second kappa shape index (κ2) is 14.7. The van der Waals surface area contributed by atoms with Gasteiger partial charge in [-0.05, 0) is 75.2 Å². The summed E-state index contributed by atoms with van der Waals surface area (Å²) in [6.07, 6.45) is 0.497. The average Bonchev–Trinajstić information content (AvgIpc) is 3.32. The number of thiophene rings is 1. The van der Waals surface area contributed by atoms with Crippen LogP contribution in [0.4, 0.5) is 16.4 Å². The molecule has 0 saturated carbocycles. The average molecular weight is 616 g/mol. The van der Waals surface area contributed by atoms with Crippen molar-refractivity contribution in [3.63, 3.8) is 0 Å². The maximum atomic E-state index is 13.5. The molecule has 1 atom stereocenters. The highest BCUT2D eigenvalue weighted by molar-refractivity contribution is 8.00. The van der Waals surface area contributed by atoms with Gasteiger partial charge in [-0.25, -0.2) is 4.79 Å². The molecule has 0 spiro atoms. The molecule has 3 N–H and O–H groups in total. The Hall–Kier alpha value is -4.41. The SMILES string of the molecule is CCOC(=O)c1c(NC(=O)C(CC)Sc2cccc(NC(=O)c3cccc(C)c3)c2)sc(C(=O)Nc2ccccc2)c1C. The van der Waals surface area contributed by atoms with E-state index in [1.54, 1.807) is 38.1 Å². The van der Waals surface area contributed by atoms with Gasteiger partial charge >= 0.3 is 5.97 Å². The number of ether oxygens (including phenoxy) is 1. The van der Waals surface area contributed by atoms with E-state index in [4.69, 9.17) is 4.74 Å². The smallest absolute Gasteiger partial charge is 0.341 e. The fourth-order valence-electron chi connectivity index (χ4n) is 4.29. The van der Waals surface area contributed by atoms with Crippen LogP contribution in [0.3, 0.4) is 0 Å². The van der Waals surface area contributed by atoms with Gasteiger partial charge in [0.05, 0.1) is 22.3 Å². The number of amides is 3. The first-order valence-corrected chi connectivity index (χ1v) is 15.5. The van der Waals surface area contributed by atoms with Gasteiger partial charge in [-0.2, -0.15) is 0 Å². The number of nitrogens with one attached hydrogen (secondary N) is 3. The molecule has 0 bridgehead atoms. The molecule has 43 heavy (non-hydrogen) atoms. The van der Waals surface area contributed by atoms with Gasteiger partial charge < -0.3 is 20.7 Å². The van der Waals surface area contributed by atoms with E-state index >= 15 is 0 Å². The highest BCUT2D eigenvalue weighted by atomic mass is 32.2. The first-order valence-electron chi connectivity index (χ1n) is 13.8. The van der Waals surface area contributed by atoms with E-state index in [1.807, 2.05) is 68.4 Å². The number of rotatable bonds is 11. The van der Waals surface area contributed by atoms with Crippen LogP contribution in [0.1, 0.15) is 61.8 Å². The van der Waals surface area contributed by atoms with Gasteiger partial charge in [-0.15, -0.1) is 23.1 Å². The van der Waals surface area contributed by atoms with E-state index in [0.29, 0.717) is 33.8 Å². The minimum atomic E-state index is -0.608. The zero-order chi connectivity index (χ0) is 30.9. The van der Waals surface area contributed by atoms with Crippen LogP contribution in [0, 0.1) is 13.8 Å². The number of aryl methyl sites for hydroxylation is 1. The van der Waals surface area contributed by atoms with E-state index < -0.39 is 11.2 Å². The van der Waals surface area contributed by atoms with Gasteiger partial charge in [-0.3, -0.25) is 14.4 Å². The van der Waals surface area contributed by atoms with Crippen molar-refractivity contribution in [2.75, 3.05) is 22.6 Å². The number of carbonyl (C=O) groups is 4. The Morgan fingerprint density at radius 3 is 2.21 bits per heavy atom. The van der Waals surface area contributed by atoms with Crippen LogP contribution in [-0.2, 0) is 9.53 Å². The van der Waals surface area contributed by atoms with E-state index in [-0.39, 0.29) is 34.9 Å². The summed E-state index contributed by atoms with van der Waals surface area (Å²) in [4.78, 5) is 53.3. The number of benzene rings is 3. The summed E-state index contributed by atoms with van der Waals surface area (Å²) in [5.74, 6) is -1.53. The molecule has 8 nitrogen and oxygen atoms in total. The monoisotopic (exact) mass is 615 g/mol. The molecule has 0 aliphatic heterocycles. The second-order valence-electron chi connectivity index (χ2n) is 9.66. The predicted molar refractivity (Wildman–Crippen MR) is 174 cm³/mol. The number of para-hydroxylation sites is 1. The Balaban J connectivity index is 1.51. The number of hydrogen-bond acceptors (Lipinski definition) is 7. The van der Waals surface area contributed by atoms with Gasteiger partial charge in [0.25, 0.3) is 11.8 Å². The first kappa shape index (κ1) is 31.5. The Labute approximate surface area is 259 Å². The summed E-state index contributed by atoms with van der Waals surface area (Å²) in [5, 5.41) is 8.38. The predicted octanol–water partition coefficient (Wildman–Crippen LogP) is 7.56. The highest BCUT2D eigenvalue weighted by Gasteiger charge is 2.28. The normalized spacial score (nSPS) is 11.3. The summed E-state index contributed by atoms with van der Waals surface area (Å²) in [6.45, 7) is 7.34. The summed E-state index contributed by atoms with van der Waals surface area (Å²) in [5.41, 5.74) is 3.38. The zero-order valence-corrected chi connectivity index (χ0v) is 26.0. The van der Waals surface area contributed by atoms with Crippen LogP contribution in [0.15, 0.2) is 83.8 Å². The van der Waals surface area contributed by atoms with Crippen LogP contribution in [-0.4, -0.2) is 35.5 Å². The molecule has 3 aromatic carbocycles. The molecule has 0 aliphatic carbocycles. The Morgan fingerprint density at radius 2 is 1.51 bits per heavy atom. The van der Waals surface area contributed by atoms with Crippen molar-refractivity contribution >= 4 is 63.2 Å². The lowest BCUT2D eigenvalue weighted by atomic mass is 10.1. The lowest BCUT2D eigenvalue weighted by Crippen LogP contribution is -2.25. The van der Waals surface area contributed by atoms with Gasteiger partial charge in [0, 0.05) is 21.8 Å². The van der Waals surface area contributed by atoms with Crippen LogP contribution in [0.5, 0.6) is 0 Å². The van der Waals surface area contributed by atoms with Crippen LogP contribution < -0.4 is 16.0 Å². The van der Waals surface area contributed by atoms with Crippen LogP contribution in [0.2, 0.25) is 0 Å². The molecule has 1 aromatic heterocycles. The molecule has 222 valence electrons. The topological polar surface area (TPSA) is 114 Å². The molecular formula is C33H33N3O5S2. The molecule has 4 rings (SSSR count). The van der Waals surface area contributed by atoms with E-state index in [0.717, 1.165) is 21.8 Å². The fraction of sp³-hybridized carbons (Fsp3) is 0.212. The molecule has 0 aliphatic rings. The van der Waals surface area contributed by atoms with Crippen molar-refractivity contribution in [1.29, 1.82) is 0 Å². The maximum absolute atomic E-state index is 13.5. The lowest BCUT2D eigenvalue weighted by molar-refractivity contribution is -0.115. The Morgan fingerprint density at radius 1 is 0.814 bits per heavy atom.